The molecule has 0 aliphatic heterocycles. The van der Waals surface area contributed by atoms with Crippen molar-refractivity contribution in [3.63, 3.8) is 0 Å². The van der Waals surface area contributed by atoms with Crippen molar-refractivity contribution in [2.45, 2.75) is 6.92 Å². The molecule has 15 heavy (non-hydrogen) atoms. The van der Waals surface area contributed by atoms with Crippen LogP contribution in [0.15, 0.2) is 29.7 Å². The molecule has 1 N–H and O–H groups in total. The van der Waals surface area contributed by atoms with E-state index >= 15 is 0 Å². The molecule has 0 unspecified atom stereocenters. The fourth-order valence-corrected chi connectivity index (χ4v) is 2.53. The van der Waals surface area contributed by atoms with Gasteiger partial charge in [0.1, 0.15) is 0 Å². The first-order valence-electron chi connectivity index (χ1n) is 4.56. The second kappa shape index (κ2) is 3.87. The van der Waals surface area contributed by atoms with Crippen molar-refractivity contribution >= 4 is 33.5 Å². The van der Waals surface area contributed by atoms with Gasteiger partial charge in [-0.1, -0.05) is 18.2 Å². The number of fused-ring (bicyclic) bond motifs is 1. The van der Waals surface area contributed by atoms with Gasteiger partial charge in [0.15, 0.2) is 0 Å². The number of carbonyl (C=O) groups is 1. The second-order valence-electron chi connectivity index (χ2n) is 3.31. The number of aryl methyl sites for hydroxylation is 1. The van der Waals surface area contributed by atoms with Crippen molar-refractivity contribution in [3.05, 3.63) is 40.8 Å². The topological polar surface area (TPSA) is 37.3 Å². The Bertz CT molecular complexity index is 538. The fourth-order valence-electron chi connectivity index (χ4n) is 1.51. The van der Waals surface area contributed by atoms with Crippen LogP contribution in [-0.4, -0.2) is 11.1 Å². The zero-order chi connectivity index (χ0) is 10.8. The lowest BCUT2D eigenvalue weighted by Gasteiger charge is -1.94. The van der Waals surface area contributed by atoms with Crippen molar-refractivity contribution in [2.75, 3.05) is 0 Å². The number of aliphatic carboxylic acids is 1. The van der Waals surface area contributed by atoms with Gasteiger partial charge in [0.05, 0.1) is 0 Å². The molecular weight excluding hydrogens is 208 g/mol. The molecule has 0 aliphatic rings. The van der Waals surface area contributed by atoms with E-state index in [1.165, 1.54) is 16.3 Å². The summed E-state index contributed by atoms with van der Waals surface area (Å²) in [4.78, 5) is 10.4. The number of rotatable bonds is 2. The van der Waals surface area contributed by atoms with Gasteiger partial charge in [0, 0.05) is 10.8 Å². The molecule has 76 valence electrons. The van der Waals surface area contributed by atoms with Crippen LogP contribution in [0.4, 0.5) is 0 Å². The van der Waals surface area contributed by atoms with Crippen LogP contribution in [0.25, 0.3) is 16.2 Å². The van der Waals surface area contributed by atoms with Crippen molar-refractivity contribution in [2.24, 2.45) is 0 Å². The van der Waals surface area contributed by atoms with Crippen molar-refractivity contribution in [3.8, 4) is 0 Å². The van der Waals surface area contributed by atoms with Crippen LogP contribution < -0.4 is 0 Å². The molecule has 0 aliphatic carbocycles. The maximum Gasteiger partial charge on any atom is 0.328 e. The minimum absolute atomic E-state index is 0.915. The van der Waals surface area contributed by atoms with E-state index in [9.17, 15) is 4.79 Å². The molecule has 0 fully saturated rings. The van der Waals surface area contributed by atoms with Crippen LogP contribution in [0.1, 0.15) is 11.1 Å². The third-order valence-electron chi connectivity index (χ3n) is 2.23. The molecule has 1 aromatic heterocycles. The number of hydrogen-bond acceptors (Lipinski definition) is 2. The summed E-state index contributed by atoms with van der Waals surface area (Å²) in [5.41, 5.74) is 2.20. The molecule has 2 rings (SSSR count). The Hall–Kier alpha value is -1.61. The first-order valence-corrected chi connectivity index (χ1v) is 5.44. The molecule has 2 aromatic rings. The smallest absolute Gasteiger partial charge is 0.328 e. The lowest BCUT2D eigenvalue weighted by molar-refractivity contribution is -0.131. The van der Waals surface area contributed by atoms with Gasteiger partial charge in [-0.05, 0) is 34.9 Å². The minimum atomic E-state index is -0.915. The molecule has 0 saturated carbocycles. The van der Waals surface area contributed by atoms with Crippen LogP contribution in [0.2, 0.25) is 0 Å². The Morgan fingerprint density at radius 3 is 3.00 bits per heavy atom. The molecule has 0 radical (unpaired) electrons. The third kappa shape index (κ3) is 1.92. The average Bonchev–Trinajstić information content (AvgIpc) is 2.59. The maximum atomic E-state index is 10.4. The van der Waals surface area contributed by atoms with Gasteiger partial charge >= 0.3 is 5.97 Å². The predicted molar refractivity (Wildman–Crippen MR) is 63.2 cm³/mol. The van der Waals surface area contributed by atoms with Gasteiger partial charge in [-0.15, -0.1) is 11.3 Å². The molecular formula is C12H10O2S. The molecule has 0 amide bonds. The van der Waals surface area contributed by atoms with Gasteiger partial charge in [-0.25, -0.2) is 4.79 Å². The first-order chi connectivity index (χ1) is 7.18. The summed E-state index contributed by atoms with van der Waals surface area (Å²) in [6.07, 6.45) is 2.81. The van der Waals surface area contributed by atoms with E-state index in [-0.39, 0.29) is 0 Å². The van der Waals surface area contributed by atoms with E-state index in [4.69, 9.17) is 5.11 Å². The summed E-state index contributed by atoms with van der Waals surface area (Å²) >= 11 is 1.65. The van der Waals surface area contributed by atoms with Crippen LogP contribution >= 0.6 is 11.3 Å². The Morgan fingerprint density at radius 1 is 1.47 bits per heavy atom. The Labute approximate surface area is 91.5 Å². The van der Waals surface area contributed by atoms with E-state index < -0.39 is 5.97 Å². The predicted octanol–water partition coefficient (Wildman–Crippen LogP) is 3.31. The number of carboxylic acids is 1. The Balaban J connectivity index is 2.54. The highest BCUT2D eigenvalue weighted by atomic mass is 32.1. The first kappa shape index (κ1) is 9.93. The fraction of sp³-hybridized carbons (Fsp3) is 0.0833. The molecule has 0 bridgehead atoms. The van der Waals surface area contributed by atoms with Crippen LogP contribution in [-0.2, 0) is 4.79 Å². The number of thiophene rings is 1. The van der Waals surface area contributed by atoms with Gasteiger partial charge < -0.3 is 5.11 Å². The zero-order valence-corrected chi connectivity index (χ0v) is 9.04. The zero-order valence-electron chi connectivity index (χ0n) is 8.23. The third-order valence-corrected chi connectivity index (χ3v) is 3.38. The van der Waals surface area contributed by atoms with Gasteiger partial charge in [-0.2, -0.15) is 0 Å². The van der Waals surface area contributed by atoms with Crippen molar-refractivity contribution < 1.29 is 9.90 Å². The SMILES string of the molecule is Cc1cccc2c(/C=C/C(=O)O)csc12. The monoisotopic (exact) mass is 218 g/mol. The normalized spacial score (nSPS) is 11.3. The van der Waals surface area contributed by atoms with Crippen LogP contribution in [0.5, 0.6) is 0 Å². The lowest BCUT2D eigenvalue weighted by atomic mass is 10.1. The van der Waals surface area contributed by atoms with Crippen molar-refractivity contribution in [1.82, 2.24) is 0 Å². The van der Waals surface area contributed by atoms with E-state index in [1.807, 2.05) is 17.5 Å². The van der Waals surface area contributed by atoms with E-state index in [1.54, 1.807) is 17.4 Å². The molecule has 1 aromatic carbocycles. The number of carboxylic acid groups (broad SMARTS) is 1. The van der Waals surface area contributed by atoms with Gasteiger partial charge in [-0.3, -0.25) is 0 Å². The van der Waals surface area contributed by atoms with Crippen LogP contribution in [0, 0.1) is 6.92 Å². The number of hydrogen-bond donors (Lipinski definition) is 1. The summed E-state index contributed by atoms with van der Waals surface area (Å²) < 4.78 is 1.22. The highest BCUT2D eigenvalue weighted by molar-refractivity contribution is 7.17. The Kier molecular flexibility index (Phi) is 2.56. The maximum absolute atomic E-state index is 10.4. The second-order valence-corrected chi connectivity index (χ2v) is 4.19. The quantitative estimate of drug-likeness (QED) is 0.785. The summed E-state index contributed by atoms with van der Waals surface area (Å²) in [7, 11) is 0. The molecule has 0 atom stereocenters. The van der Waals surface area contributed by atoms with Crippen LogP contribution in [0.3, 0.4) is 0 Å². The highest BCUT2D eigenvalue weighted by Crippen LogP contribution is 2.29. The minimum Gasteiger partial charge on any atom is -0.478 e. The lowest BCUT2D eigenvalue weighted by Crippen LogP contribution is -1.85. The summed E-state index contributed by atoms with van der Waals surface area (Å²) in [6, 6.07) is 6.06. The van der Waals surface area contributed by atoms with E-state index in [2.05, 4.69) is 13.0 Å². The largest absolute Gasteiger partial charge is 0.478 e. The Morgan fingerprint density at radius 2 is 2.27 bits per heavy atom. The molecule has 0 saturated heterocycles. The number of benzene rings is 1. The van der Waals surface area contributed by atoms with Gasteiger partial charge in [0.25, 0.3) is 0 Å². The van der Waals surface area contributed by atoms with E-state index in [0.717, 1.165) is 10.9 Å². The van der Waals surface area contributed by atoms with Crippen molar-refractivity contribution in [1.29, 1.82) is 0 Å². The summed E-state index contributed by atoms with van der Waals surface area (Å²) in [5.74, 6) is -0.915. The molecule has 2 nitrogen and oxygen atoms in total. The highest BCUT2D eigenvalue weighted by Gasteiger charge is 2.03. The summed E-state index contributed by atoms with van der Waals surface area (Å²) in [6.45, 7) is 2.06. The molecule has 0 spiro atoms. The standard InChI is InChI=1S/C12H10O2S/c1-8-3-2-4-10-9(5-6-11(13)14)7-15-12(8)10/h2-7H,1H3,(H,13,14)/b6-5+. The van der Waals surface area contributed by atoms with Gasteiger partial charge in [0.2, 0.25) is 0 Å². The van der Waals surface area contributed by atoms with E-state index in [0.29, 0.717) is 0 Å². The summed E-state index contributed by atoms with van der Waals surface area (Å²) in [5, 5.41) is 11.7. The average molecular weight is 218 g/mol. The molecule has 3 heteroatoms. The molecule has 1 heterocycles.